The number of aryl methyl sites for hydroxylation is 1. The van der Waals surface area contributed by atoms with Crippen molar-refractivity contribution in [2.45, 2.75) is 25.9 Å². The molecule has 1 aromatic carbocycles. The van der Waals surface area contributed by atoms with Gasteiger partial charge in [0.2, 0.25) is 0 Å². The van der Waals surface area contributed by atoms with Crippen LogP contribution in [-0.2, 0) is 15.7 Å². The van der Waals surface area contributed by atoms with Gasteiger partial charge in [-0.15, -0.1) is 0 Å². The van der Waals surface area contributed by atoms with Crippen LogP contribution < -0.4 is 15.9 Å². The normalized spacial score (nSPS) is 21.4. The highest BCUT2D eigenvalue weighted by atomic mass is 16.6. The van der Waals surface area contributed by atoms with E-state index >= 15 is 0 Å². The number of quaternary nitrogens is 1. The third-order valence-corrected chi connectivity index (χ3v) is 3.57. The highest BCUT2D eigenvalue weighted by Crippen LogP contribution is 2.32. The van der Waals surface area contributed by atoms with Crippen molar-refractivity contribution in [2.24, 2.45) is 0 Å². The Morgan fingerprint density at radius 1 is 1.39 bits per heavy atom. The minimum atomic E-state index is -0.263. The van der Waals surface area contributed by atoms with Gasteiger partial charge in [-0.2, -0.15) is 0 Å². The van der Waals surface area contributed by atoms with E-state index in [2.05, 4.69) is 24.8 Å². The van der Waals surface area contributed by atoms with Crippen molar-refractivity contribution >= 4 is 12.6 Å². The first-order valence-electron chi connectivity index (χ1n) is 6.70. The van der Waals surface area contributed by atoms with Gasteiger partial charge >= 0.3 is 7.12 Å². The molecule has 0 saturated heterocycles. The van der Waals surface area contributed by atoms with Gasteiger partial charge in [-0.3, -0.25) is 0 Å². The van der Waals surface area contributed by atoms with Crippen molar-refractivity contribution in [1.29, 1.82) is 0 Å². The summed E-state index contributed by atoms with van der Waals surface area (Å²) in [4.78, 5) is 0. The van der Waals surface area contributed by atoms with Crippen LogP contribution in [0.25, 0.3) is 0 Å². The molecule has 1 aromatic rings. The first-order chi connectivity index (χ1) is 8.85. The molecule has 0 aliphatic carbocycles. The minimum absolute atomic E-state index is 0.0493. The van der Waals surface area contributed by atoms with Crippen LogP contribution >= 0.6 is 0 Å². The Bertz CT molecular complexity index is 452. The SMILES string of the molecule is CCCc1ccc2c3c1[C@@H](C[NH3+])OB3OCCO2. The quantitative estimate of drug-likeness (QED) is 0.769. The Hall–Kier alpha value is -1.04. The van der Waals surface area contributed by atoms with Crippen LogP contribution in [0.2, 0.25) is 0 Å². The molecule has 2 aliphatic heterocycles. The maximum atomic E-state index is 5.96. The van der Waals surface area contributed by atoms with E-state index < -0.39 is 0 Å². The van der Waals surface area contributed by atoms with Gasteiger partial charge < -0.3 is 19.8 Å². The lowest BCUT2D eigenvalue weighted by molar-refractivity contribution is -0.383. The summed E-state index contributed by atoms with van der Waals surface area (Å²) < 4.78 is 17.4. The monoisotopic (exact) mass is 248 g/mol. The molecule has 0 unspecified atom stereocenters. The molecule has 3 N–H and O–H groups in total. The fourth-order valence-corrected chi connectivity index (χ4v) is 2.83. The molecule has 5 heteroatoms. The van der Waals surface area contributed by atoms with Crippen molar-refractivity contribution in [3.8, 4) is 5.75 Å². The highest BCUT2D eigenvalue weighted by Gasteiger charge is 2.43. The Morgan fingerprint density at radius 2 is 2.28 bits per heavy atom. The Kier molecular flexibility index (Phi) is 3.28. The fourth-order valence-electron chi connectivity index (χ4n) is 2.83. The van der Waals surface area contributed by atoms with E-state index in [1.165, 1.54) is 11.1 Å². The summed E-state index contributed by atoms with van der Waals surface area (Å²) in [6.07, 6.45) is 2.24. The molecular formula is C13H19BNO3+. The van der Waals surface area contributed by atoms with E-state index in [0.717, 1.165) is 30.6 Å². The van der Waals surface area contributed by atoms with E-state index in [1.807, 2.05) is 0 Å². The number of ether oxygens (including phenoxy) is 1. The summed E-state index contributed by atoms with van der Waals surface area (Å²) in [5.41, 5.74) is 7.70. The van der Waals surface area contributed by atoms with Gasteiger partial charge in [0.1, 0.15) is 25.0 Å². The van der Waals surface area contributed by atoms with E-state index in [9.17, 15) is 0 Å². The van der Waals surface area contributed by atoms with Gasteiger partial charge in [-0.1, -0.05) is 19.4 Å². The van der Waals surface area contributed by atoms with Gasteiger partial charge in [-0.05, 0) is 23.6 Å². The van der Waals surface area contributed by atoms with E-state index in [4.69, 9.17) is 14.0 Å². The highest BCUT2D eigenvalue weighted by molar-refractivity contribution is 6.64. The Labute approximate surface area is 108 Å². The number of rotatable bonds is 3. The van der Waals surface area contributed by atoms with Crippen LogP contribution in [-0.4, -0.2) is 26.9 Å². The summed E-state index contributed by atoms with van der Waals surface area (Å²) in [6, 6.07) is 4.22. The van der Waals surface area contributed by atoms with Crippen LogP contribution in [0.4, 0.5) is 0 Å². The van der Waals surface area contributed by atoms with E-state index in [0.29, 0.717) is 13.2 Å². The van der Waals surface area contributed by atoms with Crippen LogP contribution in [0.1, 0.15) is 30.6 Å². The fraction of sp³-hybridized carbons (Fsp3) is 0.538. The first kappa shape index (κ1) is 12.0. The first-order valence-corrected chi connectivity index (χ1v) is 6.70. The van der Waals surface area contributed by atoms with Crippen molar-refractivity contribution < 1.29 is 19.8 Å². The lowest BCUT2D eigenvalue weighted by atomic mass is 9.76. The minimum Gasteiger partial charge on any atom is -0.492 e. The zero-order valence-corrected chi connectivity index (χ0v) is 10.8. The molecule has 3 rings (SSSR count). The summed E-state index contributed by atoms with van der Waals surface area (Å²) in [5.74, 6) is 0.920. The second kappa shape index (κ2) is 4.92. The molecule has 0 saturated carbocycles. The molecule has 0 amide bonds. The number of benzene rings is 1. The van der Waals surface area contributed by atoms with Crippen molar-refractivity contribution in [3.05, 3.63) is 23.3 Å². The Morgan fingerprint density at radius 3 is 3.06 bits per heavy atom. The molecule has 18 heavy (non-hydrogen) atoms. The second-order valence-corrected chi connectivity index (χ2v) is 4.76. The molecule has 0 fully saturated rings. The van der Waals surface area contributed by atoms with Gasteiger partial charge in [0.05, 0.1) is 6.61 Å². The smallest absolute Gasteiger partial charge is 0.492 e. The summed E-state index contributed by atoms with van der Waals surface area (Å²) in [5, 5.41) is 0. The van der Waals surface area contributed by atoms with Crippen LogP contribution in [0.3, 0.4) is 0 Å². The predicted molar refractivity (Wildman–Crippen MR) is 68.9 cm³/mol. The van der Waals surface area contributed by atoms with E-state index in [1.54, 1.807) is 0 Å². The molecule has 0 spiro atoms. The molecule has 2 aliphatic rings. The molecule has 96 valence electrons. The summed E-state index contributed by atoms with van der Waals surface area (Å²) in [6.45, 7) is 4.09. The Balaban J connectivity index is 2.12. The maximum Gasteiger partial charge on any atom is 0.498 e. The summed E-state index contributed by atoms with van der Waals surface area (Å²) >= 11 is 0. The third kappa shape index (κ3) is 1.83. The van der Waals surface area contributed by atoms with Gasteiger partial charge in [0.15, 0.2) is 0 Å². The van der Waals surface area contributed by atoms with Crippen LogP contribution in [0.5, 0.6) is 5.75 Å². The van der Waals surface area contributed by atoms with Crippen LogP contribution in [0, 0.1) is 0 Å². The topological polar surface area (TPSA) is 55.3 Å². The zero-order chi connectivity index (χ0) is 12.5. The molecular weight excluding hydrogens is 229 g/mol. The summed E-state index contributed by atoms with van der Waals surface area (Å²) in [7, 11) is -0.263. The second-order valence-electron chi connectivity index (χ2n) is 4.76. The van der Waals surface area contributed by atoms with Gasteiger partial charge in [-0.25, -0.2) is 0 Å². The van der Waals surface area contributed by atoms with E-state index in [-0.39, 0.29) is 13.2 Å². The molecule has 1 atom stereocenters. The standard InChI is InChI=1S/C13H18BNO3/c1-2-3-9-4-5-10-13-12(9)11(8-15)18-14(13)17-7-6-16-10/h4-5,11H,2-3,6-8,15H2,1H3/p+1/t11-/m1/s1. The maximum absolute atomic E-state index is 5.96. The van der Waals surface area contributed by atoms with Crippen molar-refractivity contribution in [1.82, 2.24) is 0 Å². The molecule has 0 radical (unpaired) electrons. The molecule has 0 aromatic heterocycles. The average molecular weight is 248 g/mol. The van der Waals surface area contributed by atoms with Crippen LogP contribution in [0.15, 0.2) is 12.1 Å². The molecule has 2 heterocycles. The lowest BCUT2D eigenvalue weighted by Gasteiger charge is -2.14. The largest absolute Gasteiger partial charge is 0.498 e. The lowest BCUT2D eigenvalue weighted by Crippen LogP contribution is -2.53. The van der Waals surface area contributed by atoms with Crippen molar-refractivity contribution in [3.63, 3.8) is 0 Å². The third-order valence-electron chi connectivity index (χ3n) is 3.57. The predicted octanol–water partition coefficient (Wildman–Crippen LogP) is 0.0565. The van der Waals surface area contributed by atoms with Gasteiger partial charge in [0, 0.05) is 5.46 Å². The zero-order valence-electron chi connectivity index (χ0n) is 10.8. The molecule has 4 nitrogen and oxygen atoms in total. The number of hydrogen-bond acceptors (Lipinski definition) is 3. The average Bonchev–Trinajstić information content (AvgIpc) is 2.64. The van der Waals surface area contributed by atoms with Gasteiger partial charge in [0.25, 0.3) is 0 Å². The number of hydrogen-bond donors (Lipinski definition) is 1. The molecule has 0 bridgehead atoms. The van der Waals surface area contributed by atoms with Crippen molar-refractivity contribution in [2.75, 3.05) is 19.8 Å².